The van der Waals surface area contributed by atoms with Gasteiger partial charge in [0.05, 0.1) is 7.11 Å². The Labute approximate surface area is 77.0 Å². The van der Waals surface area contributed by atoms with E-state index in [9.17, 15) is 9.90 Å². The molecule has 0 atom stereocenters. The Balaban J connectivity index is 3.33. The minimum atomic E-state index is -0.501. The first-order valence-electron chi connectivity index (χ1n) is 3.95. The van der Waals surface area contributed by atoms with Crippen LogP contribution in [0.15, 0.2) is 12.1 Å². The summed E-state index contributed by atoms with van der Waals surface area (Å²) in [6.07, 6.45) is 0. The van der Waals surface area contributed by atoms with Gasteiger partial charge in [-0.05, 0) is 31.0 Å². The third-order valence-corrected chi connectivity index (χ3v) is 2.10. The predicted octanol–water partition coefficient (Wildman–Crippen LogP) is 1.80. The molecule has 0 unspecified atom stereocenters. The molecule has 3 heteroatoms. The van der Waals surface area contributed by atoms with Gasteiger partial charge in [0.25, 0.3) is 0 Å². The van der Waals surface area contributed by atoms with Gasteiger partial charge in [-0.25, -0.2) is 4.79 Å². The summed E-state index contributed by atoms with van der Waals surface area (Å²) in [6.45, 7) is 3.66. The first-order chi connectivity index (χ1) is 6.07. The molecule has 0 saturated heterocycles. The average Bonchev–Trinajstić information content (AvgIpc) is 2.12. The number of methoxy groups -OCH3 is 1. The van der Waals surface area contributed by atoms with Gasteiger partial charge < -0.3 is 9.84 Å². The van der Waals surface area contributed by atoms with E-state index in [4.69, 9.17) is 0 Å². The zero-order chi connectivity index (χ0) is 10.0. The van der Waals surface area contributed by atoms with Gasteiger partial charge in [0, 0.05) is 0 Å². The van der Waals surface area contributed by atoms with Crippen LogP contribution < -0.4 is 0 Å². The van der Waals surface area contributed by atoms with Gasteiger partial charge in [-0.2, -0.15) is 0 Å². The maximum Gasteiger partial charge on any atom is 0.341 e. The number of carbonyl (C=O) groups is 1. The Kier molecular flexibility index (Phi) is 2.56. The van der Waals surface area contributed by atoms with Crippen LogP contribution in [0.5, 0.6) is 5.75 Å². The molecule has 1 aromatic carbocycles. The molecule has 0 bridgehead atoms. The lowest BCUT2D eigenvalue weighted by Crippen LogP contribution is -2.05. The van der Waals surface area contributed by atoms with E-state index in [1.54, 1.807) is 13.0 Å². The molecule has 0 aliphatic rings. The van der Waals surface area contributed by atoms with E-state index in [0.717, 1.165) is 11.1 Å². The number of benzene rings is 1. The topological polar surface area (TPSA) is 46.5 Å². The molecule has 0 heterocycles. The molecule has 0 amide bonds. The SMILES string of the molecule is COC(=O)c1c(O)ccc(C)c1C. The summed E-state index contributed by atoms with van der Waals surface area (Å²) < 4.78 is 4.55. The van der Waals surface area contributed by atoms with Crippen molar-refractivity contribution in [3.8, 4) is 5.75 Å². The van der Waals surface area contributed by atoms with E-state index in [2.05, 4.69) is 4.74 Å². The van der Waals surface area contributed by atoms with E-state index in [1.165, 1.54) is 13.2 Å². The van der Waals surface area contributed by atoms with E-state index < -0.39 is 5.97 Å². The lowest BCUT2D eigenvalue weighted by molar-refractivity contribution is 0.0596. The van der Waals surface area contributed by atoms with E-state index in [1.807, 2.05) is 6.92 Å². The lowest BCUT2D eigenvalue weighted by atomic mass is 10.0. The van der Waals surface area contributed by atoms with E-state index >= 15 is 0 Å². The van der Waals surface area contributed by atoms with Gasteiger partial charge in [-0.1, -0.05) is 6.07 Å². The Hall–Kier alpha value is -1.51. The smallest absolute Gasteiger partial charge is 0.341 e. The van der Waals surface area contributed by atoms with Crippen molar-refractivity contribution in [2.75, 3.05) is 7.11 Å². The number of hydrogen-bond donors (Lipinski definition) is 1. The molecule has 1 N–H and O–H groups in total. The van der Waals surface area contributed by atoms with Crippen molar-refractivity contribution in [1.82, 2.24) is 0 Å². The molecule has 1 rings (SSSR count). The van der Waals surface area contributed by atoms with Crippen molar-refractivity contribution < 1.29 is 14.6 Å². The monoisotopic (exact) mass is 180 g/mol. The summed E-state index contributed by atoms with van der Waals surface area (Å²) in [5.41, 5.74) is 1.97. The third kappa shape index (κ3) is 1.64. The normalized spacial score (nSPS) is 9.77. The van der Waals surface area contributed by atoms with Gasteiger partial charge in [-0.15, -0.1) is 0 Å². The molecule has 70 valence electrons. The van der Waals surface area contributed by atoms with Gasteiger partial charge in [0.1, 0.15) is 11.3 Å². The molecule has 0 radical (unpaired) electrons. The van der Waals surface area contributed by atoms with Crippen molar-refractivity contribution in [2.45, 2.75) is 13.8 Å². The Morgan fingerprint density at radius 1 is 1.38 bits per heavy atom. The number of phenols is 1. The maximum absolute atomic E-state index is 11.2. The first-order valence-corrected chi connectivity index (χ1v) is 3.95. The van der Waals surface area contributed by atoms with Gasteiger partial charge in [0.2, 0.25) is 0 Å². The highest BCUT2D eigenvalue weighted by Crippen LogP contribution is 2.23. The van der Waals surface area contributed by atoms with Crippen molar-refractivity contribution in [3.63, 3.8) is 0 Å². The first kappa shape index (κ1) is 9.58. The minimum absolute atomic E-state index is 0.0325. The van der Waals surface area contributed by atoms with Crippen molar-refractivity contribution in [2.24, 2.45) is 0 Å². The van der Waals surface area contributed by atoms with Crippen LogP contribution in [-0.4, -0.2) is 18.2 Å². The van der Waals surface area contributed by atoms with Crippen LogP contribution in [0, 0.1) is 13.8 Å². The number of carbonyl (C=O) groups excluding carboxylic acids is 1. The fourth-order valence-electron chi connectivity index (χ4n) is 1.16. The van der Waals surface area contributed by atoms with Crippen molar-refractivity contribution in [1.29, 1.82) is 0 Å². The average molecular weight is 180 g/mol. The second-order valence-corrected chi connectivity index (χ2v) is 2.89. The lowest BCUT2D eigenvalue weighted by Gasteiger charge is -2.08. The van der Waals surface area contributed by atoms with Crippen LogP contribution in [0.1, 0.15) is 21.5 Å². The van der Waals surface area contributed by atoms with Gasteiger partial charge in [0.15, 0.2) is 0 Å². The Bertz CT molecular complexity index is 342. The number of phenolic OH excluding ortho intramolecular Hbond substituents is 1. The molecule has 0 fully saturated rings. The Morgan fingerprint density at radius 3 is 2.54 bits per heavy atom. The summed E-state index contributed by atoms with van der Waals surface area (Å²) in [6, 6.07) is 3.26. The second kappa shape index (κ2) is 3.47. The molecular formula is C10H12O3. The van der Waals surface area contributed by atoms with Crippen LogP contribution in [0.3, 0.4) is 0 Å². The highest BCUT2D eigenvalue weighted by atomic mass is 16.5. The fourth-order valence-corrected chi connectivity index (χ4v) is 1.16. The molecular weight excluding hydrogens is 168 g/mol. The molecule has 3 nitrogen and oxygen atoms in total. The highest BCUT2D eigenvalue weighted by molar-refractivity contribution is 5.94. The summed E-state index contributed by atoms with van der Waals surface area (Å²) in [4.78, 5) is 11.2. The van der Waals surface area contributed by atoms with Crippen LogP contribution in [0.2, 0.25) is 0 Å². The van der Waals surface area contributed by atoms with Crippen LogP contribution in [-0.2, 0) is 4.74 Å². The standard InChI is InChI=1S/C10H12O3/c1-6-4-5-8(11)9(7(6)2)10(12)13-3/h4-5,11H,1-3H3. The number of ether oxygens (including phenoxy) is 1. The quantitative estimate of drug-likeness (QED) is 0.670. The maximum atomic E-state index is 11.2. The molecule has 1 aromatic rings. The van der Waals surface area contributed by atoms with Gasteiger partial charge in [-0.3, -0.25) is 0 Å². The minimum Gasteiger partial charge on any atom is -0.507 e. The van der Waals surface area contributed by atoms with Crippen molar-refractivity contribution >= 4 is 5.97 Å². The zero-order valence-electron chi connectivity index (χ0n) is 7.92. The molecule has 0 aliphatic heterocycles. The number of aryl methyl sites for hydroxylation is 1. The summed E-state index contributed by atoms with van der Waals surface area (Å²) in [5.74, 6) is -0.534. The van der Waals surface area contributed by atoms with E-state index in [-0.39, 0.29) is 11.3 Å². The molecule has 0 aliphatic carbocycles. The molecule has 0 aromatic heterocycles. The molecule has 13 heavy (non-hydrogen) atoms. The number of hydrogen-bond acceptors (Lipinski definition) is 3. The summed E-state index contributed by atoms with van der Waals surface area (Å²) >= 11 is 0. The fraction of sp³-hybridized carbons (Fsp3) is 0.300. The predicted molar refractivity (Wildman–Crippen MR) is 48.9 cm³/mol. The number of rotatable bonds is 1. The van der Waals surface area contributed by atoms with Crippen LogP contribution >= 0.6 is 0 Å². The van der Waals surface area contributed by atoms with E-state index in [0.29, 0.717) is 0 Å². The van der Waals surface area contributed by atoms with Gasteiger partial charge >= 0.3 is 5.97 Å². The molecule has 0 spiro atoms. The van der Waals surface area contributed by atoms with Crippen LogP contribution in [0.25, 0.3) is 0 Å². The highest BCUT2D eigenvalue weighted by Gasteiger charge is 2.15. The number of aromatic hydroxyl groups is 1. The second-order valence-electron chi connectivity index (χ2n) is 2.89. The largest absolute Gasteiger partial charge is 0.507 e. The number of esters is 1. The zero-order valence-corrected chi connectivity index (χ0v) is 7.92. The van der Waals surface area contributed by atoms with Crippen molar-refractivity contribution in [3.05, 3.63) is 28.8 Å². The molecule has 0 saturated carbocycles. The van der Waals surface area contributed by atoms with Crippen LogP contribution in [0.4, 0.5) is 0 Å². The Morgan fingerprint density at radius 2 is 2.00 bits per heavy atom. The summed E-state index contributed by atoms with van der Waals surface area (Å²) in [7, 11) is 1.30. The summed E-state index contributed by atoms with van der Waals surface area (Å²) in [5, 5.41) is 9.42. The third-order valence-electron chi connectivity index (χ3n) is 2.10.